The number of anilines is 1. The van der Waals surface area contributed by atoms with Crippen molar-refractivity contribution in [3.8, 4) is 0 Å². The predicted molar refractivity (Wildman–Crippen MR) is 113 cm³/mol. The van der Waals surface area contributed by atoms with Gasteiger partial charge in [-0.15, -0.1) is 0 Å². The van der Waals surface area contributed by atoms with Gasteiger partial charge in [-0.05, 0) is 49.6 Å². The first-order chi connectivity index (χ1) is 13.5. The van der Waals surface area contributed by atoms with Crippen LogP contribution in [-0.4, -0.2) is 36.7 Å². The molecule has 3 rings (SSSR count). The van der Waals surface area contributed by atoms with Crippen molar-refractivity contribution in [3.63, 3.8) is 0 Å². The number of amides is 1. The SMILES string of the molecule is CCCc1nc(N2CCOC[C@H]2C)cc(C)c1C(=O)NCc1ccc(Cl)cc1. The Morgan fingerprint density at radius 2 is 2.11 bits per heavy atom. The molecule has 28 heavy (non-hydrogen) atoms. The maximum Gasteiger partial charge on any atom is 0.253 e. The zero-order valence-electron chi connectivity index (χ0n) is 16.8. The van der Waals surface area contributed by atoms with Gasteiger partial charge in [0.05, 0.1) is 30.5 Å². The molecular formula is C22H28ClN3O2. The first kappa shape index (κ1) is 20.6. The molecule has 1 fully saturated rings. The summed E-state index contributed by atoms with van der Waals surface area (Å²) in [7, 11) is 0. The lowest BCUT2D eigenvalue weighted by Gasteiger charge is -2.35. The predicted octanol–water partition coefficient (Wildman–Crippen LogP) is 4.15. The summed E-state index contributed by atoms with van der Waals surface area (Å²) < 4.78 is 5.54. The van der Waals surface area contributed by atoms with Gasteiger partial charge in [-0.25, -0.2) is 4.98 Å². The summed E-state index contributed by atoms with van der Waals surface area (Å²) in [5, 5.41) is 3.71. The van der Waals surface area contributed by atoms with Gasteiger partial charge in [-0.3, -0.25) is 4.79 Å². The van der Waals surface area contributed by atoms with Crippen LogP contribution in [0, 0.1) is 6.92 Å². The second kappa shape index (κ2) is 9.39. The molecule has 1 N–H and O–H groups in total. The average molecular weight is 402 g/mol. The molecule has 0 aliphatic carbocycles. The van der Waals surface area contributed by atoms with Gasteiger partial charge in [0.25, 0.3) is 5.91 Å². The first-order valence-electron chi connectivity index (χ1n) is 9.87. The number of aromatic nitrogens is 1. The lowest BCUT2D eigenvalue weighted by Crippen LogP contribution is -2.44. The van der Waals surface area contributed by atoms with Crippen LogP contribution in [-0.2, 0) is 17.7 Å². The Labute approximate surface area is 172 Å². The minimum atomic E-state index is -0.0787. The summed E-state index contributed by atoms with van der Waals surface area (Å²) in [6, 6.07) is 9.80. The molecule has 1 saturated heterocycles. The smallest absolute Gasteiger partial charge is 0.253 e. The van der Waals surface area contributed by atoms with Crippen LogP contribution in [0.25, 0.3) is 0 Å². The number of carbonyl (C=O) groups excluding carboxylic acids is 1. The van der Waals surface area contributed by atoms with Gasteiger partial charge in [-0.1, -0.05) is 37.1 Å². The molecule has 1 amide bonds. The lowest BCUT2D eigenvalue weighted by atomic mass is 10.0. The Kier molecular flexibility index (Phi) is 6.92. The molecule has 1 atom stereocenters. The molecule has 0 bridgehead atoms. The van der Waals surface area contributed by atoms with Crippen molar-refractivity contribution in [2.24, 2.45) is 0 Å². The third kappa shape index (κ3) is 4.83. The third-order valence-corrected chi connectivity index (χ3v) is 5.27. The molecule has 0 spiro atoms. The van der Waals surface area contributed by atoms with Crippen molar-refractivity contribution in [3.05, 3.63) is 57.7 Å². The summed E-state index contributed by atoms with van der Waals surface area (Å²) >= 11 is 5.93. The molecule has 1 aromatic carbocycles. The maximum absolute atomic E-state index is 12.9. The number of morpholine rings is 1. The van der Waals surface area contributed by atoms with Crippen LogP contribution < -0.4 is 10.2 Å². The molecule has 2 aromatic rings. The van der Waals surface area contributed by atoms with Gasteiger partial charge >= 0.3 is 0 Å². The third-order valence-electron chi connectivity index (χ3n) is 5.02. The summed E-state index contributed by atoms with van der Waals surface area (Å²) in [5.41, 5.74) is 3.53. The number of ether oxygens (including phenoxy) is 1. The number of rotatable bonds is 6. The fourth-order valence-electron chi connectivity index (χ4n) is 3.54. The van der Waals surface area contributed by atoms with Gasteiger partial charge in [0.15, 0.2) is 0 Å². The fraction of sp³-hybridized carbons (Fsp3) is 0.455. The Morgan fingerprint density at radius 1 is 1.36 bits per heavy atom. The van der Waals surface area contributed by atoms with E-state index >= 15 is 0 Å². The van der Waals surface area contributed by atoms with Gasteiger partial charge in [-0.2, -0.15) is 0 Å². The number of benzene rings is 1. The lowest BCUT2D eigenvalue weighted by molar-refractivity contribution is 0.0947. The second-order valence-corrected chi connectivity index (χ2v) is 7.73. The van der Waals surface area contributed by atoms with E-state index in [4.69, 9.17) is 21.3 Å². The maximum atomic E-state index is 12.9. The van der Waals surface area contributed by atoms with E-state index in [1.54, 1.807) is 0 Å². The summed E-state index contributed by atoms with van der Waals surface area (Å²) in [6.07, 6.45) is 1.71. The molecule has 150 valence electrons. The van der Waals surface area contributed by atoms with Crippen molar-refractivity contribution < 1.29 is 9.53 Å². The second-order valence-electron chi connectivity index (χ2n) is 7.30. The first-order valence-corrected chi connectivity index (χ1v) is 10.2. The molecule has 1 aromatic heterocycles. The minimum absolute atomic E-state index is 0.0787. The van der Waals surface area contributed by atoms with E-state index < -0.39 is 0 Å². The number of nitrogens with one attached hydrogen (secondary N) is 1. The van der Waals surface area contributed by atoms with Crippen molar-refractivity contribution in [1.82, 2.24) is 10.3 Å². The minimum Gasteiger partial charge on any atom is -0.377 e. The Bertz CT molecular complexity index is 823. The molecule has 5 nitrogen and oxygen atoms in total. The highest BCUT2D eigenvalue weighted by Crippen LogP contribution is 2.24. The van der Waals surface area contributed by atoms with E-state index in [1.807, 2.05) is 37.3 Å². The number of aryl methyl sites for hydroxylation is 2. The Morgan fingerprint density at radius 3 is 2.79 bits per heavy atom. The number of hydrogen-bond donors (Lipinski definition) is 1. The molecule has 1 aliphatic heterocycles. The van der Waals surface area contributed by atoms with Gasteiger partial charge < -0.3 is 15.0 Å². The highest BCUT2D eigenvalue weighted by Gasteiger charge is 2.23. The van der Waals surface area contributed by atoms with Crippen molar-refractivity contribution in [1.29, 1.82) is 0 Å². The Hall–Kier alpha value is -2.11. The van der Waals surface area contributed by atoms with E-state index in [0.29, 0.717) is 30.3 Å². The summed E-state index contributed by atoms with van der Waals surface area (Å²) in [4.78, 5) is 20.1. The van der Waals surface area contributed by atoms with Gasteiger partial charge in [0, 0.05) is 18.1 Å². The molecule has 0 radical (unpaired) electrons. The van der Waals surface area contributed by atoms with Crippen molar-refractivity contribution >= 4 is 23.3 Å². The van der Waals surface area contributed by atoms with Crippen LogP contribution in [0.1, 0.15) is 47.4 Å². The standard InChI is InChI=1S/C22H28ClN3O2/c1-4-5-19-21(22(27)24-13-17-6-8-18(23)9-7-17)15(2)12-20(25-19)26-10-11-28-14-16(26)3/h6-9,12,16H,4-5,10-11,13-14H2,1-3H3,(H,24,27)/t16-/m1/s1. The van der Waals surface area contributed by atoms with Crippen LogP contribution in [0.15, 0.2) is 30.3 Å². The van der Waals surface area contributed by atoms with Crippen molar-refractivity contribution in [2.75, 3.05) is 24.7 Å². The summed E-state index contributed by atoms with van der Waals surface area (Å²) in [6.45, 7) is 8.93. The van der Waals surface area contributed by atoms with Crippen molar-refractivity contribution in [2.45, 2.75) is 46.2 Å². The van der Waals surface area contributed by atoms with E-state index in [0.717, 1.165) is 42.0 Å². The zero-order valence-corrected chi connectivity index (χ0v) is 17.6. The number of halogens is 1. The van der Waals surface area contributed by atoms with Crippen LogP contribution >= 0.6 is 11.6 Å². The average Bonchev–Trinajstić information content (AvgIpc) is 2.67. The number of pyridine rings is 1. The highest BCUT2D eigenvalue weighted by molar-refractivity contribution is 6.30. The monoisotopic (exact) mass is 401 g/mol. The van der Waals surface area contributed by atoms with Crippen LogP contribution in [0.3, 0.4) is 0 Å². The number of nitrogens with zero attached hydrogens (tertiary/aromatic N) is 2. The molecule has 2 heterocycles. The number of carbonyl (C=O) groups is 1. The van der Waals surface area contributed by atoms with Gasteiger partial charge in [0.2, 0.25) is 0 Å². The van der Waals surface area contributed by atoms with E-state index in [-0.39, 0.29) is 11.9 Å². The fourth-order valence-corrected chi connectivity index (χ4v) is 3.66. The highest BCUT2D eigenvalue weighted by atomic mass is 35.5. The topological polar surface area (TPSA) is 54.5 Å². The van der Waals surface area contributed by atoms with Crippen LogP contribution in [0.4, 0.5) is 5.82 Å². The molecular weight excluding hydrogens is 374 g/mol. The normalized spacial score (nSPS) is 16.9. The van der Waals surface area contributed by atoms with Crippen LogP contribution in [0.5, 0.6) is 0 Å². The molecule has 6 heteroatoms. The Balaban J connectivity index is 1.82. The largest absolute Gasteiger partial charge is 0.377 e. The molecule has 1 aliphatic rings. The van der Waals surface area contributed by atoms with E-state index in [2.05, 4.69) is 24.1 Å². The summed E-state index contributed by atoms with van der Waals surface area (Å²) in [5.74, 6) is 0.857. The van der Waals surface area contributed by atoms with E-state index in [1.165, 1.54) is 0 Å². The zero-order chi connectivity index (χ0) is 20.1. The molecule has 0 unspecified atom stereocenters. The van der Waals surface area contributed by atoms with E-state index in [9.17, 15) is 4.79 Å². The number of hydrogen-bond acceptors (Lipinski definition) is 4. The molecule has 0 saturated carbocycles. The van der Waals surface area contributed by atoms with Crippen LogP contribution in [0.2, 0.25) is 5.02 Å². The van der Waals surface area contributed by atoms with Gasteiger partial charge in [0.1, 0.15) is 5.82 Å². The quantitative estimate of drug-likeness (QED) is 0.789.